The van der Waals surface area contributed by atoms with Crippen LogP contribution in [0.25, 0.3) is 56.4 Å². The standard InChI is InChI=1S/C36H27N3O2.C3H3N3/c1-2-23-41-31-21-22-32(33(40)24-31)36-38-34(29-17-13-27(14-18-29)25-9-5-3-6-10-25)37-35(39-36)30-19-15-28(16-20-30)26-11-7-4-8-12-26;1-2-4-6-5-3-1/h2-22,24,40H,1,23H2;1-3H. The lowest BCUT2D eigenvalue weighted by molar-refractivity contribution is 0.360. The van der Waals surface area contributed by atoms with Crippen LogP contribution < -0.4 is 4.74 Å². The fraction of sp³-hybridized carbons (Fsp3) is 0.0256. The molecule has 2 heterocycles. The Balaban J connectivity index is 0.000000580. The fourth-order valence-corrected chi connectivity index (χ4v) is 4.79. The maximum Gasteiger partial charge on any atom is 0.167 e. The monoisotopic (exact) mass is 614 g/mol. The van der Waals surface area contributed by atoms with Gasteiger partial charge in [-0.3, -0.25) is 0 Å². The van der Waals surface area contributed by atoms with Gasteiger partial charge in [0.1, 0.15) is 18.1 Å². The molecule has 228 valence electrons. The van der Waals surface area contributed by atoms with E-state index in [-0.39, 0.29) is 5.75 Å². The van der Waals surface area contributed by atoms with Crippen LogP contribution in [0.5, 0.6) is 11.5 Å². The zero-order valence-electron chi connectivity index (χ0n) is 25.4. The van der Waals surface area contributed by atoms with Crippen LogP contribution in [0.4, 0.5) is 0 Å². The number of nitrogens with zero attached hydrogens (tertiary/aromatic N) is 6. The van der Waals surface area contributed by atoms with Crippen LogP contribution in [0.2, 0.25) is 0 Å². The van der Waals surface area contributed by atoms with Crippen molar-refractivity contribution in [2.24, 2.45) is 0 Å². The zero-order chi connectivity index (χ0) is 32.3. The molecule has 7 rings (SSSR count). The third-order valence-electron chi connectivity index (χ3n) is 7.12. The Bertz CT molecular complexity index is 1910. The van der Waals surface area contributed by atoms with Gasteiger partial charge in [-0.15, -0.1) is 10.2 Å². The van der Waals surface area contributed by atoms with Crippen LogP contribution in [0.1, 0.15) is 0 Å². The maximum atomic E-state index is 10.9. The predicted molar refractivity (Wildman–Crippen MR) is 184 cm³/mol. The second-order valence-electron chi connectivity index (χ2n) is 10.3. The predicted octanol–water partition coefficient (Wildman–Crippen LogP) is 8.35. The van der Waals surface area contributed by atoms with Gasteiger partial charge in [0, 0.05) is 17.2 Å². The topological polar surface area (TPSA) is 107 Å². The molecule has 0 fully saturated rings. The number of aromatic nitrogens is 6. The van der Waals surface area contributed by atoms with Gasteiger partial charge in [-0.25, -0.2) is 15.0 Å². The second kappa shape index (κ2) is 15.0. The van der Waals surface area contributed by atoms with Gasteiger partial charge in [0.15, 0.2) is 17.5 Å². The first-order chi connectivity index (χ1) is 23.2. The Morgan fingerprint density at radius 1 is 0.532 bits per heavy atom. The van der Waals surface area contributed by atoms with E-state index in [4.69, 9.17) is 19.7 Å². The Hall–Kier alpha value is -6.54. The van der Waals surface area contributed by atoms with Crippen molar-refractivity contribution in [1.82, 2.24) is 30.4 Å². The first-order valence-electron chi connectivity index (χ1n) is 14.9. The lowest BCUT2D eigenvalue weighted by Gasteiger charge is -2.11. The molecule has 2 aromatic heterocycles. The minimum Gasteiger partial charge on any atom is -0.507 e. The number of benzene rings is 5. The van der Waals surface area contributed by atoms with Crippen molar-refractivity contribution in [3.05, 3.63) is 159 Å². The Morgan fingerprint density at radius 2 is 1.00 bits per heavy atom. The van der Waals surface area contributed by atoms with E-state index in [0.29, 0.717) is 35.4 Å². The molecule has 0 unspecified atom stereocenters. The van der Waals surface area contributed by atoms with Crippen molar-refractivity contribution >= 4 is 0 Å². The summed E-state index contributed by atoms with van der Waals surface area (Å²) in [6.45, 7) is 4.02. The van der Waals surface area contributed by atoms with E-state index in [9.17, 15) is 5.11 Å². The molecule has 7 aromatic rings. The summed E-state index contributed by atoms with van der Waals surface area (Å²) in [6, 6.07) is 43.5. The van der Waals surface area contributed by atoms with E-state index >= 15 is 0 Å². The summed E-state index contributed by atoms with van der Waals surface area (Å²) in [5.41, 5.74) is 6.67. The lowest BCUT2D eigenvalue weighted by Crippen LogP contribution is -2.01. The molecular weight excluding hydrogens is 584 g/mol. The van der Waals surface area contributed by atoms with Crippen LogP contribution in [0.15, 0.2) is 159 Å². The van der Waals surface area contributed by atoms with Gasteiger partial charge in [-0.05, 0) is 45.7 Å². The number of rotatable bonds is 8. The molecule has 0 aliphatic carbocycles. The third-order valence-corrected chi connectivity index (χ3v) is 7.12. The van der Waals surface area contributed by atoms with Gasteiger partial charge in [-0.2, -0.15) is 0 Å². The molecular formula is C39H30N6O2. The summed E-state index contributed by atoms with van der Waals surface area (Å²) in [6.07, 6.45) is 4.81. The number of phenols is 1. The lowest BCUT2D eigenvalue weighted by atomic mass is 10.0. The Labute approximate surface area is 272 Å². The molecule has 1 N–H and O–H groups in total. The molecule has 0 bridgehead atoms. The van der Waals surface area contributed by atoms with Crippen LogP contribution >= 0.6 is 0 Å². The van der Waals surface area contributed by atoms with Crippen molar-refractivity contribution in [3.8, 4) is 67.9 Å². The number of hydrogen-bond donors (Lipinski definition) is 1. The summed E-state index contributed by atoms with van der Waals surface area (Å²) < 4.78 is 5.58. The van der Waals surface area contributed by atoms with E-state index in [0.717, 1.165) is 33.4 Å². The number of ether oxygens (including phenoxy) is 1. The molecule has 8 nitrogen and oxygen atoms in total. The normalized spacial score (nSPS) is 10.4. The SMILES string of the molecule is C=CCOc1ccc(-c2nc(-c3ccc(-c4ccccc4)cc3)nc(-c3ccc(-c4ccccc4)cc3)n2)c(O)c1.c1cnnnc1. The highest BCUT2D eigenvalue weighted by Gasteiger charge is 2.16. The smallest absolute Gasteiger partial charge is 0.167 e. The minimum absolute atomic E-state index is 0.0218. The van der Waals surface area contributed by atoms with E-state index in [1.165, 1.54) is 0 Å². The molecule has 0 saturated heterocycles. The highest BCUT2D eigenvalue weighted by molar-refractivity contribution is 5.73. The van der Waals surface area contributed by atoms with E-state index < -0.39 is 0 Å². The van der Waals surface area contributed by atoms with E-state index in [1.54, 1.807) is 42.7 Å². The van der Waals surface area contributed by atoms with Gasteiger partial charge < -0.3 is 9.84 Å². The summed E-state index contributed by atoms with van der Waals surface area (Å²) in [5.74, 6) is 1.96. The molecule has 0 atom stereocenters. The summed E-state index contributed by atoms with van der Waals surface area (Å²) in [7, 11) is 0. The van der Waals surface area contributed by atoms with Gasteiger partial charge in [0.25, 0.3) is 0 Å². The van der Waals surface area contributed by atoms with Gasteiger partial charge in [0.05, 0.1) is 18.0 Å². The Kier molecular flexibility index (Phi) is 9.70. The van der Waals surface area contributed by atoms with Crippen LogP contribution in [0.3, 0.4) is 0 Å². The number of hydrogen-bond acceptors (Lipinski definition) is 8. The largest absolute Gasteiger partial charge is 0.507 e. The van der Waals surface area contributed by atoms with Crippen LogP contribution in [-0.4, -0.2) is 42.1 Å². The molecule has 0 radical (unpaired) electrons. The van der Waals surface area contributed by atoms with E-state index in [2.05, 4.69) is 70.5 Å². The average Bonchev–Trinajstić information content (AvgIpc) is 3.15. The molecule has 0 spiro atoms. The molecule has 0 aliphatic heterocycles. The van der Waals surface area contributed by atoms with Crippen molar-refractivity contribution in [3.63, 3.8) is 0 Å². The van der Waals surface area contributed by atoms with Crippen LogP contribution in [0, 0.1) is 0 Å². The minimum atomic E-state index is 0.0218. The summed E-state index contributed by atoms with van der Waals surface area (Å²) in [5, 5.41) is 21.0. The Morgan fingerprint density at radius 3 is 1.43 bits per heavy atom. The highest BCUT2D eigenvalue weighted by Crippen LogP contribution is 2.33. The first-order valence-corrected chi connectivity index (χ1v) is 14.9. The highest BCUT2D eigenvalue weighted by atomic mass is 16.5. The van der Waals surface area contributed by atoms with Gasteiger partial charge in [-0.1, -0.05) is 122 Å². The maximum absolute atomic E-state index is 10.9. The van der Waals surface area contributed by atoms with Crippen molar-refractivity contribution in [2.45, 2.75) is 0 Å². The van der Waals surface area contributed by atoms with Crippen molar-refractivity contribution in [2.75, 3.05) is 6.61 Å². The summed E-state index contributed by atoms with van der Waals surface area (Å²) in [4.78, 5) is 14.4. The molecule has 0 amide bonds. The molecule has 47 heavy (non-hydrogen) atoms. The van der Waals surface area contributed by atoms with Gasteiger partial charge in [0.2, 0.25) is 0 Å². The first kappa shape index (κ1) is 30.5. The number of aromatic hydroxyl groups is 1. The molecule has 0 saturated carbocycles. The quantitative estimate of drug-likeness (QED) is 0.170. The van der Waals surface area contributed by atoms with Crippen LogP contribution in [-0.2, 0) is 0 Å². The van der Waals surface area contributed by atoms with Crippen molar-refractivity contribution in [1.29, 1.82) is 0 Å². The second-order valence-corrected chi connectivity index (χ2v) is 10.3. The number of phenolic OH excluding ortho intramolecular Hbond substituents is 1. The molecule has 0 aliphatic rings. The third kappa shape index (κ3) is 7.76. The molecule has 5 aromatic carbocycles. The zero-order valence-corrected chi connectivity index (χ0v) is 25.4. The van der Waals surface area contributed by atoms with Crippen molar-refractivity contribution < 1.29 is 9.84 Å². The molecule has 8 heteroatoms. The fourth-order valence-electron chi connectivity index (χ4n) is 4.79. The summed E-state index contributed by atoms with van der Waals surface area (Å²) >= 11 is 0. The van der Waals surface area contributed by atoms with E-state index in [1.807, 2.05) is 60.7 Å². The van der Waals surface area contributed by atoms with Gasteiger partial charge >= 0.3 is 0 Å². The average molecular weight is 615 g/mol.